The highest BCUT2D eigenvalue weighted by Gasteiger charge is 2.26. The van der Waals surface area contributed by atoms with Crippen molar-refractivity contribution in [3.63, 3.8) is 0 Å². The van der Waals surface area contributed by atoms with E-state index in [2.05, 4.69) is 35.1 Å². The van der Waals surface area contributed by atoms with Gasteiger partial charge in [0.15, 0.2) is 5.65 Å². The summed E-state index contributed by atoms with van der Waals surface area (Å²) in [6.45, 7) is 7.11. The van der Waals surface area contributed by atoms with Crippen LogP contribution in [0, 0.1) is 0 Å². The number of piperazine rings is 1. The zero-order chi connectivity index (χ0) is 20.2. The lowest BCUT2D eigenvalue weighted by Gasteiger charge is -2.40. The Morgan fingerprint density at radius 3 is 2.90 bits per heavy atom. The number of rotatable bonds is 2. The highest BCUT2D eigenvalue weighted by atomic mass is 35.5. The molecule has 0 saturated carbocycles. The summed E-state index contributed by atoms with van der Waals surface area (Å²) in [7, 11) is 0. The van der Waals surface area contributed by atoms with Crippen molar-refractivity contribution in [1.82, 2.24) is 14.7 Å². The third-order valence-electron chi connectivity index (χ3n) is 5.37. The predicted molar refractivity (Wildman–Crippen MR) is 116 cm³/mol. The quantitative estimate of drug-likeness (QED) is 0.509. The average molecular weight is 409 g/mol. The van der Waals surface area contributed by atoms with Crippen LogP contribution in [0.5, 0.6) is 0 Å². The number of halogens is 1. The van der Waals surface area contributed by atoms with E-state index in [-0.39, 0.29) is 5.54 Å². The number of hydrogen-bond donors (Lipinski definition) is 1. The molecular formula is C22H21ClN4O2. The molecule has 3 aromatic heterocycles. The van der Waals surface area contributed by atoms with Crippen LogP contribution in [0.25, 0.3) is 27.9 Å². The fourth-order valence-corrected chi connectivity index (χ4v) is 4.16. The van der Waals surface area contributed by atoms with Crippen LogP contribution in [0.3, 0.4) is 0 Å². The van der Waals surface area contributed by atoms with Gasteiger partial charge in [0.1, 0.15) is 5.58 Å². The standard InChI is InChI=1S/C22H21ClN4O2/c1-22(2)13-27(9-7-24-22)15-6-5-14-10-16(21(28)29-19(14)11-15)18-12-26-8-3-4-17(23)20(26)25-18/h3-6,8,10-12,24H,7,9,13H2,1-2H3. The molecule has 4 aromatic rings. The number of anilines is 1. The molecule has 0 aliphatic carbocycles. The first-order valence-electron chi connectivity index (χ1n) is 9.61. The van der Waals surface area contributed by atoms with Crippen LogP contribution in [0.2, 0.25) is 5.02 Å². The van der Waals surface area contributed by atoms with Gasteiger partial charge in [-0.15, -0.1) is 0 Å². The lowest BCUT2D eigenvalue weighted by Crippen LogP contribution is -2.57. The molecule has 6 nitrogen and oxygen atoms in total. The summed E-state index contributed by atoms with van der Waals surface area (Å²) in [6, 6.07) is 11.5. The van der Waals surface area contributed by atoms with Gasteiger partial charge in [0.25, 0.3) is 0 Å². The summed E-state index contributed by atoms with van der Waals surface area (Å²) in [6.07, 6.45) is 3.64. The Bertz CT molecular complexity index is 1290. The van der Waals surface area contributed by atoms with Crippen LogP contribution >= 0.6 is 11.6 Å². The first-order valence-corrected chi connectivity index (χ1v) is 9.99. The molecule has 5 rings (SSSR count). The maximum atomic E-state index is 12.7. The van der Waals surface area contributed by atoms with Crippen LogP contribution in [-0.4, -0.2) is 34.6 Å². The van der Waals surface area contributed by atoms with Crippen LogP contribution in [-0.2, 0) is 0 Å². The average Bonchev–Trinajstić information content (AvgIpc) is 3.11. The molecule has 1 aliphatic rings. The molecule has 29 heavy (non-hydrogen) atoms. The van der Waals surface area contributed by atoms with Crippen molar-refractivity contribution < 1.29 is 4.42 Å². The molecule has 1 aliphatic heterocycles. The summed E-state index contributed by atoms with van der Waals surface area (Å²) in [4.78, 5) is 19.5. The van der Waals surface area contributed by atoms with Crippen LogP contribution < -0.4 is 15.8 Å². The first kappa shape index (κ1) is 18.2. The Labute approximate surface area is 172 Å². The van der Waals surface area contributed by atoms with E-state index in [0.29, 0.717) is 27.5 Å². The molecule has 0 bridgehead atoms. The van der Waals surface area contributed by atoms with Crippen molar-refractivity contribution >= 4 is 33.9 Å². The van der Waals surface area contributed by atoms with E-state index in [0.717, 1.165) is 30.7 Å². The molecule has 7 heteroatoms. The lowest BCUT2D eigenvalue weighted by atomic mass is 10.0. The van der Waals surface area contributed by atoms with Gasteiger partial charge >= 0.3 is 5.63 Å². The van der Waals surface area contributed by atoms with Crippen molar-refractivity contribution in [2.45, 2.75) is 19.4 Å². The maximum Gasteiger partial charge on any atom is 0.345 e. The molecule has 1 fully saturated rings. The third-order valence-corrected chi connectivity index (χ3v) is 5.66. The van der Waals surface area contributed by atoms with Gasteiger partial charge in [-0.1, -0.05) is 11.6 Å². The molecule has 4 heterocycles. The normalized spacial score (nSPS) is 16.6. The van der Waals surface area contributed by atoms with E-state index in [1.807, 2.05) is 30.5 Å². The van der Waals surface area contributed by atoms with Gasteiger partial charge in [0.2, 0.25) is 0 Å². The molecule has 1 saturated heterocycles. The van der Waals surface area contributed by atoms with Crippen molar-refractivity contribution in [2.24, 2.45) is 0 Å². The number of fused-ring (bicyclic) bond motifs is 2. The minimum absolute atomic E-state index is 0.0439. The maximum absolute atomic E-state index is 12.7. The molecule has 0 radical (unpaired) electrons. The minimum atomic E-state index is -0.408. The van der Waals surface area contributed by atoms with Gasteiger partial charge in [-0.25, -0.2) is 9.78 Å². The fourth-order valence-electron chi connectivity index (χ4n) is 3.95. The van der Waals surface area contributed by atoms with Gasteiger partial charge < -0.3 is 19.0 Å². The van der Waals surface area contributed by atoms with Gasteiger partial charge in [-0.05, 0) is 44.2 Å². The van der Waals surface area contributed by atoms with E-state index in [9.17, 15) is 4.79 Å². The second-order valence-corrected chi connectivity index (χ2v) is 8.52. The number of pyridine rings is 1. The van der Waals surface area contributed by atoms with Crippen LogP contribution in [0.4, 0.5) is 5.69 Å². The summed E-state index contributed by atoms with van der Waals surface area (Å²) in [5.41, 5.74) is 2.85. The molecule has 1 N–H and O–H groups in total. The number of nitrogens with one attached hydrogen (secondary N) is 1. The zero-order valence-corrected chi connectivity index (χ0v) is 17.0. The van der Waals surface area contributed by atoms with Crippen LogP contribution in [0.1, 0.15) is 13.8 Å². The predicted octanol–water partition coefficient (Wildman–Crippen LogP) is 3.95. The fraction of sp³-hybridized carbons (Fsp3) is 0.273. The Balaban J connectivity index is 1.56. The van der Waals surface area contributed by atoms with E-state index in [1.165, 1.54) is 0 Å². The van der Waals surface area contributed by atoms with Gasteiger partial charge in [-0.3, -0.25) is 0 Å². The molecule has 1 aromatic carbocycles. The van der Waals surface area contributed by atoms with Crippen molar-refractivity contribution in [1.29, 1.82) is 0 Å². The van der Waals surface area contributed by atoms with Gasteiger partial charge in [0.05, 0.1) is 16.3 Å². The summed E-state index contributed by atoms with van der Waals surface area (Å²) < 4.78 is 7.48. The summed E-state index contributed by atoms with van der Waals surface area (Å²) in [5.74, 6) is 0. The van der Waals surface area contributed by atoms with E-state index in [4.69, 9.17) is 16.0 Å². The lowest BCUT2D eigenvalue weighted by molar-refractivity contribution is 0.353. The number of imidazole rings is 1. The van der Waals surface area contributed by atoms with Crippen molar-refractivity contribution in [3.8, 4) is 11.3 Å². The largest absolute Gasteiger partial charge is 0.422 e. The zero-order valence-electron chi connectivity index (χ0n) is 16.3. The topological polar surface area (TPSA) is 62.8 Å². The Hall–Kier alpha value is -2.83. The second-order valence-electron chi connectivity index (χ2n) is 8.12. The highest BCUT2D eigenvalue weighted by molar-refractivity contribution is 6.33. The number of nitrogens with zero attached hydrogens (tertiary/aromatic N) is 3. The van der Waals surface area contributed by atoms with E-state index in [1.54, 1.807) is 16.7 Å². The van der Waals surface area contributed by atoms with Gasteiger partial charge in [0, 0.05) is 54.7 Å². The Morgan fingerprint density at radius 1 is 1.24 bits per heavy atom. The number of benzene rings is 1. The smallest absolute Gasteiger partial charge is 0.345 e. The molecule has 148 valence electrons. The molecule has 0 amide bonds. The van der Waals surface area contributed by atoms with Crippen LogP contribution in [0.15, 0.2) is 58.0 Å². The Morgan fingerprint density at radius 2 is 2.10 bits per heavy atom. The molecule has 0 atom stereocenters. The van der Waals surface area contributed by atoms with Crippen molar-refractivity contribution in [2.75, 3.05) is 24.5 Å². The van der Waals surface area contributed by atoms with E-state index >= 15 is 0 Å². The van der Waals surface area contributed by atoms with Crippen molar-refractivity contribution in [3.05, 3.63) is 64.2 Å². The third kappa shape index (κ3) is 3.28. The second kappa shape index (κ2) is 6.61. The van der Waals surface area contributed by atoms with E-state index < -0.39 is 5.63 Å². The summed E-state index contributed by atoms with van der Waals surface area (Å²) >= 11 is 6.21. The molecule has 0 unspecified atom stereocenters. The molecule has 0 spiro atoms. The summed E-state index contributed by atoms with van der Waals surface area (Å²) in [5, 5.41) is 4.91. The highest BCUT2D eigenvalue weighted by Crippen LogP contribution is 2.27. The SMILES string of the molecule is CC1(C)CN(c2ccc3cc(-c4cn5cccc(Cl)c5n4)c(=O)oc3c2)CCN1. The molecular weight excluding hydrogens is 388 g/mol. The minimum Gasteiger partial charge on any atom is -0.422 e. The van der Waals surface area contributed by atoms with Gasteiger partial charge in [-0.2, -0.15) is 0 Å². The first-order chi connectivity index (χ1) is 13.9. The Kier molecular flexibility index (Phi) is 4.15. The monoisotopic (exact) mass is 408 g/mol. The number of hydrogen-bond acceptors (Lipinski definition) is 5. The number of aromatic nitrogens is 2.